The smallest absolute Gasteiger partial charge is 0.0667 e. The Hall–Kier alpha value is -1.13. The van der Waals surface area contributed by atoms with E-state index in [1.807, 2.05) is 10.4 Å². The van der Waals surface area contributed by atoms with Crippen molar-refractivity contribution in [2.75, 3.05) is 0 Å². The molecule has 10 unspecified atom stereocenters. The van der Waals surface area contributed by atoms with E-state index in [4.69, 9.17) is 0 Å². The van der Waals surface area contributed by atoms with E-state index in [0.717, 1.165) is 46.6 Å². The van der Waals surface area contributed by atoms with Crippen molar-refractivity contribution in [1.82, 2.24) is 0 Å². The zero-order valence-corrected chi connectivity index (χ0v) is 26.9. The zero-order chi connectivity index (χ0) is 26.3. The van der Waals surface area contributed by atoms with Gasteiger partial charge in [-0.3, -0.25) is 0 Å². The number of rotatable bonds is 8. The summed E-state index contributed by atoms with van der Waals surface area (Å²) >= 11 is 0. The summed E-state index contributed by atoms with van der Waals surface area (Å²) in [6.07, 6.45) is 18.0. The van der Waals surface area contributed by atoms with Crippen molar-refractivity contribution in [1.29, 1.82) is 0 Å². The van der Waals surface area contributed by atoms with E-state index in [1.165, 1.54) is 64.2 Å². The van der Waals surface area contributed by atoms with Gasteiger partial charge in [-0.1, -0.05) is 149 Å². The number of hydrogen-bond acceptors (Lipinski definition) is 0. The molecular weight excluding hydrogens is 489 g/mol. The summed E-state index contributed by atoms with van der Waals surface area (Å²) in [5, 5.41) is 3.63. The van der Waals surface area contributed by atoms with Gasteiger partial charge < -0.3 is 0 Å². The van der Waals surface area contributed by atoms with Crippen molar-refractivity contribution in [2.45, 2.75) is 115 Å². The average Bonchev–Trinajstić information content (AvgIpc) is 3.69. The second-order valence-electron chi connectivity index (χ2n) is 14.7. The Kier molecular flexibility index (Phi) is 7.86. The Morgan fingerprint density at radius 3 is 1.97 bits per heavy atom. The predicted octanol–water partition coefficient (Wildman–Crippen LogP) is 9.25. The van der Waals surface area contributed by atoms with Crippen LogP contribution >= 0.6 is 0 Å². The van der Waals surface area contributed by atoms with E-state index in [-0.39, 0.29) is 0 Å². The largest absolute Gasteiger partial charge is 0.0861 e. The van der Waals surface area contributed by atoms with Gasteiger partial charge in [-0.05, 0) is 72.3 Å². The maximum atomic E-state index is 2.96. The molecule has 2 aromatic rings. The average molecular weight is 543 g/mol. The fourth-order valence-electron chi connectivity index (χ4n) is 11.3. The van der Waals surface area contributed by atoms with E-state index in [2.05, 4.69) is 87.6 Å². The molecule has 6 rings (SSSR count). The van der Waals surface area contributed by atoms with Crippen LogP contribution in [0.2, 0.25) is 24.2 Å². The van der Waals surface area contributed by atoms with Crippen LogP contribution in [-0.2, 0) is 0 Å². The van der Waals surface area contributed by atoms with Crippen molar-refractivity contribution in [3.05, 3.63) is 60.7 Å². The molecule has 2 heteroatoms. The van der Waals surface area contributed by atoms with Crippen LogP contribution in [0, 0.1) is 35.5 Å². The van der Waals surface area contributed by atoms with Gasteiger partial charge in [0, 0.05) is 0 Å². The summed E-state index contributed by atoms with van der Waals surface area (Å²) in [4.78, 5) is 0. The third-order valence-electron chi connectivity index (χ3n) is 13.2. The molecule has 0 nitrogen and oxygen atoms in total. The van der Waals surface area contributed by atoms with Gasteiger partial charge in [-0.25, -0.2) is 0 Å². The van der Waals surface area contributed by atoms with Gasteiger partial charge in [0.15, 0.2) is 0 Å². The highest BCUT2D eigenvalue weighted by atomic mass is 29.3. The van der Waals surface area contributed by atoms with Crippen LogP contribution in [0.4, 0.5) is 0 Å². The fourth-order valence-corrected chi connectivity index (χ4v) is 32.3. The summed E-state index contributed by atoms with van der Waals surface area (Å²) in [6.45, 7) is 11.0. The molecule has 38 heavy (non-hydrogen) atoms. The van der Waals surface area contributed by atoms with E-state index in [9.17, 15) is 0 Å². The molecule has 0 amide bonds. The third kappa shape index (κ3) is 4.45. The lowest BCUT2D eigenvalue weighted by Crippen LogP contribution is -2.77. The summed E-state index contributed by atoms with van der Waals surface area (Å²) in [5.41, 5.74) is 1.92. The molecule has 0 saturated heterocycles. The van der Waals surface area contributed by atoms with Crippen LogP contribution in [0.15, 0.2) is 60.7 Å². The molecule has 0 bridgehead atoms. The van der Waals surface area contributed by atoms with Gasteiger partial charge in [0.2, 0.25) is 0 Å². The lowest BCUT2D eigenvalue weighted by atomic mass is 9.71. The van der Waals surface area contributed by atoms with Crippen LogP contribution in [0.25, 0.3) is 0 Å². The van der Waals surface area contributed by atoms with E-state index >= 15 is 0 Å². The summed E-state index contributed by atoms with van der Waals surface area (Å²) in [7, 11) is -3.74. The highest BCUT2D eigenvalue weighted by Gasteiger charge is 2.64. The zero-order valence-electron chi connectivity index (χ0n) is 24.9. The molecule has 4 aliphatic carbocycles. The highest BCUT2D eigenvalue weighted by Crippen LogP contribution is 2.63. The number of fused-ring (bicyclic) bond motifs is 2. The molecule has 0 aliphatic heterocycles. The van der Waals surface area contributed by atoms with Gasteiger partial charge in [-0.2, -0.15) is 0 Å². The van der Waals surface area contributed by atoms with Crippen molar-refractivity contribution >= 4 is 25.6 Å². The fraction of sp³-hybridized carbons (Fsp3) is 0.667. The normalized spacial score (nSPS) is 37.8. The molecule has 4 aliphatic rings. The Bertz CT molecular complexity index is 1050. The van der Waals surface area contributed by atoms with Gasteiger partial charge in [0.1, 0.15) is 0 Å². The van der Waals surface area contributed by atoms with E-state index < -0.39 is 15.2 Å². The van der Waals surface area contributed by atoms with Crippen LogP contribution in [-0.4, -0.2) is 15.2 Å². The Balaban J connectivity index is 1.48. The first kappa shape index (κ1) is 27.1. The van der Waals surface area contributed by atoms with Gasteiger partial charge in [0.25, 0.3) is 0 Å². The molecule has 0 N–H and O–H groups in total. The third-order valence-corrected chi connectivity index (χ3v) is 33.3. The second kappa shape index (κ2) is 11.0. The molecular formula is C36H54Si2. The first-order chi connectivity index (χ1) is 18.5. The van der Waals surface area contributed by atoms with E-state index in [1.54, 1.807) is 12.8 Å². The summed E-state index contributed by atoms with van der Waals surface area (Å²) < 4.78 is 0. The highest BCUT2D eigenvalue weighted by molar-refractivity contribution is 7.51. The van der Waals surface area contributed by atoms with Crippen LogP contribution < -0.4 is 10.4 Å². The number of unbranched alkanes of at least 4 members (excludes halogenated alkanes) is 1. The molecule has 206 valence electrons. The van der Waals surface area contributed by atoms with Crippen molar-refractivity contribution in [2.24, 2.45) is 35.5 Å². The Morgan fingerprint density at radius 2 is 1.32 bits per heavy atom. The molecule has 4 fully saturated rings. The minimum absolute atomic E-state index is 0.897. The number of benzene rings is 2. The van der Waals surface area contributed by atoms with Crippen molar-refractivity contribution < 1.29 is 0 Å². The van der Waals surface area contributed by atoms with Crippen LogP contribution in [0.1, 0.15) is 90.9 Å². The molecule has 0 aromatic heterocycles. The van der Waals surface area contributed by atoms with Crippen molar-refractivity contribution in [3.63, 3.8) is 0 Å². The molecule has 10 atom stereocenters. The molecule has 0 heterocycles. The topological polar surface area (TPSA) is 0 Å². The monoisotopic (exact) mass is 542 g/mol. The Labute approximate surface area is 236 Å². The SMILES string of the molecule is CCCCC1CCC([Si](C)(c2ccccc2)[Si](C)(c2ccccc2)C2C(C)CC3CC4CCCC4CC32)C1. The molecule has 4 saturated carbocycles. The second-order valence-corrected chi connectivity index (χ2v) is 28.4. The lowest BCUT2D eigenvalue weighted by Gasteiger charge is -2.55. The minimum Gasteiger partial charge on any atom is -0.0667 e. The molecule has 0 radical (unpaired) electrons. The number of hydrogen-bond donors (Lipinski definition) is 0. The van der Waals surface area contributed by atoms with Gasteiger partial charge in [-0.15, -0.1) is 0 Å². The van der Waals surface area contributed by atoms with E-state index in [0.29, 0.717) is 0 Å². The van der Waals surface area contributed by atoms with Crippen LogP contribution in [0.5, 0.6) is 0 Å². The van der Waals surface area contributed by atoms with Gasteiger partial charge in [0.05, 0.1) is 15.2 Å². The van der Waals surface area contributed by atoms with Gasteiger partial charge >= 0.3 is 0 Å². The maximum Gasteiger partial charge on any atom is 0.0861 e. The maximum absolute atomic E-state index is 2.96. The summed E-state index contributed by atoms with van der Waals surface area (Å²) in [6, 6.07) is 24.5. The molecule has 0 spiro atoms. The lowest BCUT2D eigenvalue weighted by molar-refractivity contribution is 0.156. The first-order valence-corrected chi connectivity index (χ1v) is 22.7. The van der Waals surface area contributed by atoms with Crippen molar-refractivity contribution in [3.8, 4) is 0 Å². The molecule has 2 aromatic carbocycles. The standard InChI is InChI=1S/C36H54Si2/c1-5-6-14-28-21-22-34(24-28)37(3,32-17-9-7-10-18-32)38(4,33-19-11-8-12-20-33)36-27(2)23-31-25-29-15-13-16-30(29)26-35(31)36/h7-12,17-20,27-31,34-36H,5-6,13-16,21-26H2,1-4H3. The minimum atomic E-state index is -1.89. The quantitative estimate of drug-likeness (QED) is 0.292. The first-order valence-electron chi connectivity index (χ1n) is 16.6. The summed E-state index contributed by atoms with van der Waals surface area (Å²) in [5.74, 6) is 6.00. The Morgan fingerprint density at radius 1 is 0.684 bits per heavy atom. The predicted molar refractivity (Wildman–Crippen MR) is 171 cm³/mol. The van der Waals surface area contributed by atoms with Crippen LogP contribution in [0.3, 0.4) is 0 Å².